The molecular weight excluding hydrogens is 352 g/mol. The highest BCUT2D eigenvalue weighted by Crippen LogP contribution is 2.36. The molecule has 0 aliphatic rings. The van der Waals surface area contributed by atoms with Crippen LogP contribution in [0.1, 0.15) is 33.3 Å². The van der Waals surface area contributed by atoms with E-state index in [1.807, 2.05) is 45.1 Å². The molecule has 2 rings (SSSR count). The van der Waals surface area contributed by atoms with Crippen molar-refractivity contribution in [3.63, 3.8) is 0 Å². The number of hydrogen-bond donors (Lipinski definition) is 1. The fourth-order valence-corrected chi connectivity index (χ4v) is 2.41. The van der Waals surface area contributed by atoms with Crippen molar-refractivity contribution in [3.8, 4) is 17.4 Å². The van der Waals surface area contributed by atoms with Gasteiger partial charge in [0.1, 0.15) is 10.8 Å². The number of rotatable bonds is 7. The first-order valence-electron chi connectivity index (χ1n) is 8.39. The van der Waals surface area contributed by atoms with Gasteiger partial charge in [0, 0.05) is 25.2 Å². The van der Waals surface area contributed by atoms with Crippen LogP contribution < -0.4 is 14.8 Å². The monoisotopic (exact) mass is 374 g/mol. The summed E-state index contributed by atoms with van der Waals surface area (Å²) in [4.78, 5) is 15.3. The Morgan fingerprint density at radius 3 is 2.54 bits per heavy atom. The van der Waals surface area contributed by atoms with E-state index in [0.29, 0.717) is 22.4 Å². The smallest absolute Gasteiger partial charge is 0.219 e. The van der Waals surface area contributed by atoms with E-state index in [9.17, 15) is 4.79 Å². The lowest BCUT2D eigenvalue weighted by molar-refractivity contribution is -0.119. The normalized spacial score (nSPS) is 12.2. The number of hydrogen-bond acceptors (Lipinski definition) is 4. The molecule has 1 heterocycles. The number of ether oxygens (including phenoxy) is 2. The van der Waals surface area contributed by atoms with Crippen LogP contribution in [0.15, 0.2) is 42.6 Å². The average Bonchev–Trinajstić information content (AvgIpc) is 2.57. The van der Waals surface area contributed by atoms with Crippen molar-refractivity contribution in [2.24, 2.45) is 0 Å². The van der Waals surface area contributed by atoms with Crippen LogP contribution in [0.25, 0.3) is 6.08 Å². The van der Waals surface area contributed by atoms with Crippen LogP contribution in [0.3, 0.4) is 0 Å². The van der Waals surface area contributed by atoms with Crippen LogP contribution in [0.2, 0.25) is 5.02 Å². The van der Waals surface area contributed by atoms with Crippen molar-refractivity contribution in [2.45, 2.75) is 39.8 Å². The number of aromatic nitrogens is 1. The van der Waals surface area contributed by atoms with Crippen LogP contribution in [0, 0.1) is 0 Å². The van der Waals surface area contributed by atoms with Crippen molar-refractivity contribution < 1.29 is 14.3 Å². The molecule has 1 amide bonds. The number of halogens is 1. The molecule has 1 aromatic carbocycles. The Morgan fingerprint density at radius 2 is 1.92 bits per heavy atom. The largest absolute Gasteiger partial charge is 0.489 e. The van der Waals surface area contributed by atoms with Crippen LogP contribution in [0.5, 0.6) is 17.4 Å². The maximum atomic E-state index is 11.0. The summed E-state index contributed by atoms with van der Waals surface area (Å²) < 4.78 is 11.4. The van der Waals surface area contributed by atoms with E-state index < -0.39 is 0 Å². The molecule has 0 spiro atoms. The van der Waals surface area contributed by atoms with Gasteiger partial charge in [-0.3, -0.25) is 4.79 Å². The standard InChI is InChI=1S/C20H23ClN2O3/c1-13(2)25-17-6-5-7-18(20(17)21)26-19-11-10-16(12-22-19)9-8-14(3)23-15(4)24/h5-14H,1-4H3,(H,23,24)/b9-8+/t14-/m0/s1. The summed E-state index contributed by atoms with van der Waals surface area (Å²) >= 11 is 6.34. The van der Waals surface area contributed by atoms with Crippen LogP contribution in [0.4, 0.5) is 0 Å². The first kappa shape index (κ1) is 19.8. The molecule has 1 N–H and O–H groups in total. The second-order valence-electron chi connectivity index (χ2n) is 6.12. The van der Waals surface area contributed by atoms with Gasteiger partial charge in [-0.25, -0.2) is 4.98 Å². The Kier molecular flexibility index (Phi) is 7.04. The Hall–Kier alpha value is -2.53. The van der Waals surface area contributed by atoms with Crippen molar-refractivity contribution in [1.29, 1.82) is 0 Å². The van der Waals surface area contributed by atoms with E-state index in [1.54, 1.807) is 24.4 Å². The number of carbonyl (C=O) groups is 1. The van der Waals surface area contributed by atoms with Gasteiger partial charge in [-0.15, -0.1) is 0 Å². The number of pyridine rings is 1. The van der Waals surface area contributed by atoms with Crippen molar-refractivity contribution in [3.05, 3.63) is 53.2 Å². The van der Waals surface area contributed by atoms with Crippen LogP contribution in [-0.4, -0.2) is 23.0 Å². The first-order valence-corrected chi connectivity index (χ1v) is 8.77. The molecule has 138 valence electrons. The third-order valence-corrected chi connectivity index (χ3v) is 3.65. The van der Waals surface area contributed by atoms with Gasteiger partial charge in [-0.05, 0) is 44.5 Å². The highest BCUT2D eigenvalue weighted by Gasteiger charge is 2.11. The molecule has 0 aliphatic heterocycles. The summed E-state index contributed by atoms with van der Waals surface area (Å²) in [5.74, 6) is 1.43. The zero-order valence-electron chi connectivity index (χ0n) is 15.3. The third-order valence-electron chi connectivity index (χ3n) is 3.27. The van der Waals surface area contributed by atoms with Gasteiger partial charge in [0.05, 0.1) is 6.10 Å². The maximum Gasteiger partial charge on any atom is 0.219 e. The topological polar surface area (TPSA) is 60.5 Å². The third kappa shape index (κ3) is 6.08. The lowest BCUT2D eigenvalue weighted by Crippen LogP contribution is -2.28. The molecule has 6 heteroatoms. The molecule has 0 saturated heterocycles. The van der Waals surface area contributed by atoms with E-state index in [2.05, 4.69) is 10.3 Å². The highest BCUT2D eigenvalue weighted by atomic mass is 35.5. The Bertz CT molecular complexity index is 773. The van der Waals surface area contributed by atoms with E-state index >= 15 is 0 Å². The predicted molar refractivity (Wildman–Crippen MR) is 104 cm³/mol. The average molecular weight is 375 g/mol. The van der Waals surface area contributed by atoms with Gasteiger partial charge in [0.2, 0.25) is 11.8 Å². The Labute approximate surface area is 159 Å². The molecule has 26 heavy (non-hydrogen) atoms. The number of carbonyl (C=O) groups excluding carboxylic acids is 1. The minimum atomic E-state index is -0.0652. The van der Waals surface area contributed by atoms with Gasteiger partial charge >= 0.3 is 0 Å². The second kappa shape index (κ2) is 9.25. The zero-order valence-corrected chi connectivity index (χ0v) is 16.1. The van der Waals surface area contributed by atoms with Gasteiger partial charge in [0.25, 0.3) is 0 Å². The summed E-state index contributed by atoms with van der Waals surface area (Å²) in [6.07, 6.45) is 5.49. The first-order chi connectivity index (χ1) is 12.3. The van der Waals surface area contributed by atoms with E-state index in [1.165, 1.54) is 6.92 Å². The Morgan fingerprint density at radius 1 is 1.19 bits per heavy atom. The van der Waals surface area contributed by atoms with Crippen LogP contribution >= 0.6 is 11.6 Å². The van der Waals surface area contributed by atoms with Crippen molar-refractivity contribution >= 4 is 23.6 Å². The van der Waals surface area contributed by atoms with Gasteiger partial charge in [0.15, 0.2) is 5.75 Å². The molecule has 5 nitrogen and oxygen atoms in total. The molecule has 1 aromatic heterocycles. The number of nitrogens with zero attached hydrogens (tertiary/aromatic N) is 1. The van der Waals surface area contributed by atoms with Crippen molar-refractivity contribution in [2.75, 3.05) is 0 Å². The molecule has 0 bridgehead atoms. The number of nitrogens with one attached hydrogen (secondary N) is 1. The molecular formula is C20H23ClN2O3. The predicted octanol–water partition coefficient (Wildman–Crippen LogP) is 4.85. The Balaban J connectivity index is 2.05. The molecule has 0 unspecified atom stereocenters. The molecule has 0 radical (unpaired) electrons. The fourth-order valence-electron chi connectivity index (χ4n) is 2.20. The van der Waals surface area contributed by atoms with E-state index in [0.717, 1.165) is 5.56 Å². The van der Waals surface area contributed by atoms with Crippen LogP contribution in [-0.2, 0) is 4.79 Å². The van der Waals surface area contributed by atoms with Crippen molar-refractivity contribution in [1.82, 2.24) is 10.3 Å². The zero-order chi connectivity index (χ0) is 19.1. The molecule has 1 atom stereocenters. The molecule has 0 aliphatic carbocycles. The molecule has 0 saturated carbocycles. The lowest BCUT2D eigenvalue weighted by Gasteiger charge is -2.13. The quantitative estimate of drug-likeness (QED) is 0.752. The number of amides is 1. The summed E-state index contributed by atoms with van der Waals surface area (Å²) in [6, 6.07) is 8.97. The van der Waals surface area contributed by atoms with Gasteiger partial charge < -0.3 is 14.8 Å². The summed E-state index contributed by atoms with van der Waals surface area (Å²) in [6.45, 7) is 7.26. The minimum Gasteiger partial charge on any atom is -0.489 e. The number of benzene rings is 1. The second-order valence-corrected chi connectivity index (χ2v) is 6.49. The lowest BCUT2D eigenvalue weighted by atomic mass is 10.2. The van der Waals surface area contributed by atoms with Gasteiger partial charge in [-0.2, -0.15) is 0 Å². The SMILES string of the molecule is CC(=O)N[C@@H](C)/C=C/c1ccc(Oc2cccc(OC(C)C)c2Cl)nc1. The van der Waals surface area contributed by atoms with Gasteiger partial charge in [-0.1, -0.05) is 29.8 Å². The maximum absolute atomic E-state index is 11.0. The minimum absolute atomic E-state index is 0.0202. The summed E-state index contributed by atoms with van der Waals surface area (Å²) in [5.41, 5.74) is 0.901. The highest BCUT2D eigenvalue weighted by molar-refractivity contribution is 6.33. The summed E-state index contributed by atoms with van der Waals surface area (Å²) in [5, 5.41) is 3.20. The van der Waals surface area contributed by atoms with E-state index in [4.69, 9.17) is 21.1 Å². The summed E-state index contributed by atoms with van der Waals surface area (Å²) in [7, 11) is 0. The molecule has 2 aromatic rings. The fraction of sp³-hybridized carbons (Fsp3) is 0.300. The molecule has 0 fully saturated rings. The van der Waals surface area contributed by atoms with E-state index in [-0.39, 0.29) is 18.1 Å².